The van der Waals surface area contributed by atoms with E-state index in [0.29, 0.717) is 22.9 Å². The van der Waals surface area contributed by atoms with Crippen LogP contribution < -0.4 is 10.1 Å². The smallest absolute Gasteiger partial charge is 0.266 e. The summed E-state index contributed by atoms with van der Waals surface area (Å²) in [6.07, 6.45) is 1.35. The molecule has 6 heteroatoms. The van der Waals surface area contributed by atoms with Crippen molar-refractivity contribution in [3.8, 4) is 11.8 Å². The predicted molar refractivity (Wildman–Crippen MR) is 91.2 cm³/mol. The van der Waals surface area contributed by atoms with E-state index in [4.69, 9.17) is 16.3 Å². The Morgan fingerprint density at radius 1 is 1.38 bits per heavy atom. The Balaban J connectivity index is 2.33. The molecule has 2 rings (SSSR count). The maximum atomic E-state index is 13.6. The zero-order valence-electron chi connectivity index (χ0n) is 12.8. The molecule has 0 aliphatic heterocycles. The van der Waals surface area contributed by atoms with E-state index in [0.717, 1.165) is 0 Å². The summed E-state index contributed by atoms with van der Waals surface area (Å²) in [6, 6.07) is 12.4. The summed E-state index contributed by atoms with van der Waals surface area (Å²) in [4.78, 5) is 12.2. The van der Waals surface area contributed by atoms with Crippen molar-refractivity contribution < 1.29 is 13.9 Å². The maximum absolute atomic E-state index is 13.6. The molecule has 2 aromatic carbocycles. The van der Waals surface area contributed by atoms with E-state index in [1.165, 1.54) is 24.3 Å². The summed E-state index contributed by atoms with van der Waals surface area (Å²) in [6.45, 7) is 2.24. The van der Waals surface area contributed by atoms with Gasteiger partial charge in [-0.1, -0.05) is 23.7 Å². The van der Waals surface area contributed by atoms with Crippen LogP contribution in [0, 0.1) is 17.1 Å². The van der Waals surface area contributed by atoms with Crippen LogP contribution in [0.2, 0.25) is 5.02 Å². The van der Waals surface area contributed by atoms with Gasteiger partial charge in [-0.2, -0.15) is 5.26 Å². The minimum atomic E-state index is -0.718. The quantitative estimate of drug-likeness (QED) is 0.645. The number of nitrogens with zero attached hydrogens (tertiary/aromatic N) is 1. The zero-order valence-corrected chi connectivity index (χ0v) is 13.6. The summed E-state index contributed by atoms with van der Waals surface area (Å²) in [5.74, 6) is -0.806. The Morgan fingerprint density at radius 3 is 2.79 bits per heavy atom. The van der Waals surface area contributed by atoms with Gasteiger partial charge < -0.3 is 10.1 Å². The van der Waals surface area contributed by atoms with Crippen LogP contribution in [0.3, 0.4) is 0 Å². The summed E-state index contributed by atoms with van der Waals surface area (Å²) < 4.78 is 19.1. The van der Waals surface area contributed by atoms with Crippen LogP contribution in [0.4, 0.5) is 10.1 Å². The molecule has 0 radical (unpaired) electrons. The molecule has 4 nitrogen and oxygen atoms in total. The molecule has 0 saturated heterocycles. The van der Waals surface area contributed by atoms with Gasteiger partial charge in [0.1, 0.15) is 23.2 Å². The minimum Gasteiger partial charge on any atom is -0.493 e. The fourth-order valence-corrected chi connectivity index (χ4v) is 2.16. The molecule has 0 aromatic heterocycles. The number of halogens is 2. The number of benzene rings is 2. The third-order valence-corrected chi connectivity index (χ3v) is 3.29. The van der Waals surface area contributed by atoms with Crippen molar-refractivity contribution in [3.63, 3.8) is 0 Å². The molecule has 0 saturated carbocycles. The molecule has 0 spiro atoms. The first-order valence-electron chi connectivity index (χ1n) is 7.15. The van der Waals surface area contributed by atoms with Gasteiger partial charge in [0, 0.05) is 10.6 Å². The molecule has 0 fully saturated rings. The lowest BCUT2D eigenvalue weighted by molar-refractivity contribution is -0.112. The number of carbonyl (C=O) groups excluding carboxylic acids is 1. The minimum absolute atomic E-state index is 0.000208. The number of hydrogen-bond donors (Lipinski definition) is 1. The van der Waals surface area contributed by atoms with Crippen LogP contribution in [-0.4, -0.2) is 12.5 Å². The Bertz CT molecular complexity index is 828. The normalized spacial score (nSPS) is 10.8. The zero-order chi connectivity index (χ0) is 17.5. The number of amides is 1. The van der Waals surface area contributed by atoms with E-state index < -0.39 is 11.7 Å². The fraction of sp³-hybridized carbons (Fsp3) is 0.111. The highest BCUT2D eigenvalue weighted by Crippen LogP contribution is 2.25. The second-order valence-electron chi connectivity index (χ2n) is 4.72. The molecule has 24 heavy (non-hydrogen) atoms. The van der Waals surface area contributed by atoms with Gasteiger partial charge in [-0.25, -0.2) is 4.39 Å². The molecule has 0 aliphatic carbocycles. The standard InChI is InChI=1S/C18H14ClFN2O2/c1-2-24-17-8-7-14(19)10-12(17)9-13(11-21)18(23)22-16-6-4-3-5-15(16)20/h3-10H,2H2,1H3,(H,22,23)/b13-9+. The Labute approximate surface area is 144 Å². The maximum Gasteiger partial charge on any atom is 0.266 e. The second kappa shape index (κ2) is 8.14. The average molecular weight is 345 g/mol. The monoisotopic (exact) mass is 344 g/mol. The summed E-state index contributed by atoms with van der Waals surface area (Å²) in [5, 5.41) is 12.1. The molecule has 1 N–H and O–H groups in total. The summed E-state index contributed by atoms with van der Waals surface area (Å²) in [5.41, 5.74) is 0.297. The van der Waals surface area contributed by atoms with Crippen LogP contribution >= 0.6 is 11.6 Å². The first kappa shape index (κ1) is 17.5. The number of nitrogens with one attached hydrogen (secondary N) is 1. The predicted octanol–water partition coefficient (Wildman–Crippen LogP) is 4.42. The first-order chi connectivity index (χ1) is 11.5. The topological polar surface area (TPSA) is 62.1 Å². The molecular weight excluding hydrogens is 331 g/mol. The number of carbonyl (C=O) groups is 1. The van der Waals surface area contributed by atoms with Crippen molar-refractivity contribution in [1.82, 2.24) is 0 Å². The first-order valence-corrected chi connectivity index (χ1v) is 7.53. The SMILES string of the molecule is CCOc1ccc(Cl)cc1/C=C(\C#N)C(=O)Nc1ccccc1F. The molecule has 122 valence electrons. The van der Waals surface area contributed by atoms with E-state index in [2.05, 4.69) is 5.32 Å². The Hall–Kier alpha value is -2.84. The summed E-state index contributed by atoms with van der Waals surface area (Å²) in [7, 11) is 0. The number of anilines is 1. The fourth-order valence-electron chi connectivity index (χ4n) is 1.98. The van der Waals surface area contributed by atoms with E-state index in [1.54, 1.807) is 30.3 Å². The third kappa shape index (κ3) is 4.34. The van der Waals surface area contributed by atoms with Crippen LogP contribution in [-0.2, 0) is 4.79 Å². The summed E-state index contributed by atoms with van der Waals surface area (Å²) >= 11 is 5.96. The van der Waals surface area contributed by atoms with Crippen LogP contribution in [0.15, 0.2) is 48.0 Å². The third-order valence-electron chi connectivity index (χ3n) is 3.06. The van der Waals surface area contributed by atoms with Crippen molar-refractivity contribution in [1.29, 1.82) is 5.26 Å². The van der Waals surface area contributed by atoms with Crippen LogP contribution in [0.25, 0.3) is 6.08 Å². The average Bonchev–Trinajstić information content (AvgIpc) is 2.57. The van der Waals surface area contributed by atoms with E-state index in [-0.39, 0.29) is 11.3 Å². The number of para-hydroxylation sites is 1. The van der Waals surface area contributed by atoms with Crippen LogP contribution in [0.1, 0.15) is 12.5 Å². The van der Waals surface area contributed by atoms with Crippen LogP contribution in [0.5, 0.6) is 5.75 Å². The highest BCUT2D eigenvalue weighted by Gasteiger charge is 2.13. The highest BCUT2D eigenvalue weighted by atomic mass is 35.5. The van der Waals surface area contributed by atoms with Gasteiger partial charge >= 0.3 is 0 Å². The van der Waals surface area contributed by atoms with Gasteiger partial charge in [0.2, 0.25) is 0 Å². The van der Waals surface area contributed by atoms with Gasteiger partial charge in [-0.05, 0) is 43.3 Å². The molecule has 1 amide bonds. The van der Waals surface area contributed by atoms with Gasteiger partial charge in [0.15, 0.2) is 0 Å². The van der Waals surface area contributed by atoms with Gasteiger partial charge in [0.05, 0.1) is 12.3 Å². The molecule has 0 aliphatic rings. The molecule has 0 atom stereocenters. The van der Waals surface area contributed by atoms with Crippen molar-refractivity contribution >= 4 is 29.3 Å². The lowest BCUT2D eigenvalue weighted by Gasteiger charge is -2.09. The van der Waals surface area contributed by atoms with Gasteiger partial charge in [0.25, 0.3) is 5.91 Å². The number of rotatable bonds is 5. The Kier molecular flexibility index (Phi) is 5.94. The van der Waals surface area contributed by atoms with Crippen molar-refractivity contribution in [2.24, 2.45) is 0 Å². The van der Waals surface area contributed by atoms with E-state index in [9.17, 15) is 14.4 Å². The lowest BCUT2D eigenvalue weighted by Crippen LogP contribution is -2.14. The highest BCUT2D eigenvalue weighted by molar-refractivity contribution is 6.30. The molecule has 0 heterocycles. The van der Waals surface area contributed by atoms with E-state index >= 15 is 0 Å². The van der Waals surface area contributed by atoms with E-state index in [1.807, 2.05) is 6.92 Å². The molecule has 2 aromatic rings. The van der Waals surface area contributed by atoms with Crippen molar-refractivity contribution in [3.05, 3.63) is 64.4 Å². The largest absolute Gasteiger partial charge is 0.493 e. The number of hydrogen-bond acceptors (Lipinski definition) is 3. The molecular formula is C18H14ClFN2O2. The number of ether oxygens (including phenoxy) is 1. The molecule has 0 bridgehead atoms. The number of nitriles is 1. The lowest BCUT2D eigenvalue weighted by atomic mass is 10.1. The van der Waals surface area contributed by atoms with Crippen molar-refractivity contribution in [2.45, 2.75) is 6.92 Å². The molecule has 0 unspecified atom stereocenters. The van der Waals surface area contributed by atoms with Gasteiger partial charge in [-0.3, -0.25) is 4.79 Å². The Morgan fingerprint density at radius 2 is 2.12 bits per heavy atom. The van der Waals surface area contributed by atoms with Crippen molar-refractivity contribution in [2.75, 3.05) is 11.9 Å². The second-order valence-corrected chi connectivity index (χ2v) is 5.16. The van der Waals surface area contributed by atoms with Gasteiger partial charge in [-0.15, -0.1) is 0 Å².